The van der Waals surface area contributed by atoms with Gasteiger partial charge in [-0.3, -0.25) is 4.79 Å². The largest absolute Gasteiger partial charge is 0.380 e. The van der Waals surface area contributed by atoms with Crippen molar-refractivity contribution < 1.29 is 4.79 Å². The Balaban J connectivity index is 1.55. The van der Waals surface area contributed by atoms with Crippen molar-refractivity contribution in [3.05, 3.63) is 94.8 Å². The number of anilines is 1. The van der Waals surface area contributed by atoms with Crippen molar-refractivity contribution in [1.82, 2.24) is 10.3 Å². The topological polar surface area (TPSA) is 54.0 Å². The van der Waals surface area contributed by atoms with E-state index in [1.54, 1.807) is 12.3 Å². The molecule has 3 rings (SSSR count). The number of nitrogens with one attached hydrogen (secondary N) is 2. The second-order valence-corrected chi connectivity index (χ2v) is 6.38. The van der Waals surface area contributed by atoms with Crippen molar-refractivity contribution >= 4 is 11.6 Å². The van der Waals surface area contributed by atoms with Gasteiger partial charge in [0.25, 0.3) is 5.91 Å². The summed E-state index contributed by atoms with van der Waals surface area (Å²) in [6.07, 6.45) is 1.69. The molecule has 0 aliphatic carbocycles. The van der Waals surface area contributed by atoms with E-state index in [9.17, 15) is 4.79 Å². The molecule has 132 valence electrons. The minimum atomic E-state index is -0.168. The molecule has 3 aromatic rings. The summed E-state index contributed by atoms with van der Waals surface area (Å²) in [4.78, 5) is 16.5. The lowest BCUT2D eigenvalue weighted by atomic mass is 10.1. The summed E-state index contributed by atoms with van der Waals surface area (Å²) >= 11 is 0. The van der Waals surface area contributed by atoms with Gasteiger partial charge in [-0.1, -0.05) is 54.1 Å². The third-order valence-electron chi connectivity index (χ3n) is 4.28. The van der Waals surface area contributed by atoms with Crippen molar-refractivity contribution in [2.75, 3.05) is 5.32 Å². The maximum atomic E-state index is 12.3. The van der Waals surface area contributed by atoms with E-state index in [0.29, 0.717) is 12.2 Å². The highest BCUT2D eigenvalue weighted by molar-refractivity contribution is 5.92. The van der Waals surface area contributed by atoms with Crippen molar-refractivity contribution in [3.63, 3.8) is 0 Å². The monoisotopic (exact) mass is 345 g/mol. The van der Waals surface area contributed by atoms with E-state index in [4.69, 9.17) is 0 Å². The van der Waals surface area contributed by atoms with E-state index in [1.165, 1.54) is 11.1 Å². The third kappa shape index (κ3) is 4.70. The maximum Gasteiger partial charge on any atom is 0.270 e. The van der Waals surface area contributed by atoms with Crippen LogP contribution in [-0.2, 0) is 13.1 Å². The van der Waals surface area contributed by atoms with Gasteiger partial charge >= 0.3 is 0 Å². The fourth-order valence-electron chi connectivity index (χ4n) is 2.73. The maximum absolute atomic E-state index is 12.3. The third-order valence-corrected chi connectivity index (χ3v) is 4.28. The number of aryl methyl sites for hydroxylation is 2. The number of hydrogen-bond acceptors (Lipinski definition) is 3. The van der Waals surface area contributed by atoms with Crippen LogP contribution in [0.3, 0.4) is 0 Å². The van der Waals surface area contributed by atoms with Gasteiger partial charge in [0.1, 0.15) is 5.69 Å². The molecule has 1 aromatic heterocycles. The fourth-order valence-corrected chi connectivity index (χ4v) is 2.73. The average molecular weight is 345 g/mol. The average Bonchev–Trinajstić information content (AvgIpc) is 2.66. The first-order valence-corrected chi connectivity index (χ1v) is 8.70. The van der Waals surface area contributed by atoms with Crippen LogP contribution in [0.1, 0.15) is 32.7 Å². The molecule has 0 atom stereocenters. The number of nitrogens with zero attached hydrogens (tertiary/aromatic N) is 1. The predicted molar refractivity (Wildman–Crippen MR) is 105 cm³/mol. The number of carbonyl (C=O) groups excluding carboxylic acids is 1. The zero-order valence-electron chi connectivity index (χ0n) is 15.1. The second kappa shape index (κ2) is 8.30. The van der Waals surface area contributed by atoms with Gasteiger partial charge in [-0.2, -0.15) is 0 Å². The normalized spacial score (nSPS) is 10.4. The van der Waals surface area contributed by atoms with Crippen LogP contribution >= 0.6 is 0 Å². The van der Waals surface area contributed by atoms with E-state index in [1.807, 2.05) is 43.3 Å². The van der Waals surface area contributed by atoms with Crippen LogP contribution in [0.5, 0.6) is 0 Å². The van der Waals surface area contributed by atoms with Gasteiger partial charge in [-0.25, -0.2) is 4.98 Å². The van der Waals surface area contributed by atoms with Gasteiger partial charge in [0.15, 0.2) is 0 Å². The Hall–Kier alpha value is -3.14. The molecule has 0 aliphatic rings. The van der Waals surface area contributed by atoms with Crippen LogP contribution in [0.2, 0.25) is 0 Å². The highest BCUT2D eigenvalue weighted by atomic mass is 16.1. The standard InChI is InChI=1S/C22H23N3O/c1-16-6-5-8-18(12-16)13-23-20-10-11-21(24-15-20)22(26)25-14-19-9-4-3-7-17(19)2/h3-12,15,23H,13-14H2,1-2H3,(H,25,26). The van der Waals surface area contributed by atoms with Crippen LogP contribution in [0, 0.1) is 13.8 Å². The van der Waals surface area contributed by atoms with Crippen molar-refractivity contribution in [2.45, 2.75) is 26.9 Å². The Morgan fingerprint density at radius 1 is 0.962 bits per heavy atom. The summed E-state index contributed by atoms with van der Waals surface area (Å²) in [5.41, 5.74) is 6.03. The van der Waals surface area contributed by atoms with Crippen LogP contribution in [-0.4, -0.2) is 10.9 Å². The Kier molecular flexibility index (Phi) is 5.64. The van der Waals surface area contributed by atoms with Crippen molar-refractivity contribution in [2.24, 2.45) is 0 Å². The minimum absolute atomic E-state index is 0.168. The molecule has 4 nitrogen and oxygen atoms in total. The highest BCUT2D eigenvalue weighted by Crippen LogP contribution is 2.11. The first kappa shape index (κ1) is 17.7. The lowest BCUT2D eigenvalue weighted by Gasteiger charge is -2.09. The molecule has 0 unspecified atom stereocenters. The van der Waals surface area contributed by atoms with Crippen LogP contribution in [0.25, 0.3) is 0 Å². The summed E-state index contributed by atoms with van der Waals surface area (Å²) in [5.74, 6) is -0.168. The number of carbonyl (C=O) groups is 1. The molecule has 0 saturated carbocycles. The molecule has 4 heteroatoms. The molecule has 0 bridgehead atoms. The van der Waals surface area contributed by atoms with Gasteiger partial charge in [-0.15, -0.1) is 0 Å². The van der Waals surface area contributed by atoms with Crippen LogP contribution in [0.4, 0.5) is 5.69 Å². The van der Waals surface area contributed by atoms with Crippen LogP contribution < -0.4 is 10.6 Å². The molecule has 0 spiro atoms. The molecule has 0 saturated heterocycles. The Morgan fingerprint density at radius 2 is 1.81 bits per heavy atom. The Bertz CT molecular complexity index is 888. The van der Waals surface area contributed by atoms with Gasteiger partial charge < -0.3 is 10.6 Å². The first-order valence-electron chi connectivity index (χ1n) is 8.70. The van der Waals surface area contributed by atoms with Gasteiger partial charge in [0.2, 0.25) is 0 Å². The molecular formula is C22H23N3O. The number of amides is 1. The molecular weight excluding hydrogens is 322 g/mol. The minimum Gasteiger partial charge on any atom is -0.380 e. The second-order valence-electron chi connectivity index (χ2n) is 6.38. The summed E-state index contributed by atoms with van der Waals surface area (Å²) < 4.78 is 0. The van der Waals surface area contributed by atoms with E-state index in [0.717, 1.165) is 23.4 Å². The predicted octanol–water partition coefficient (Wildman–Crippen LogP) is 4.24. The smallest absolute Gasteiger partial charge is 0.270 e. The number of benzene rings is 2. The van der Waals surface area contributed by atoms with Crippen molar-refractivity contribution in [1.29, 1.82) is 0 Å². The summed E-state index contributed by atoms with van der Waals surface area (Å²) in [6, 6.07) is 20.0. The van der Waals surface area contributed by atoms with Crippen LogP contribution in [0.15, 0.2) is 66.9 Å². The number of hydrogen-bond donors (Lipinski definition) is 2. The number of rotatable bonds is 6. The van der Waals surface area contributed by atoms with Gasteiger partial charge in [0, 0.05) is 13.1 Å². The van der Waals surface area contributed by atoms with Gasteiger partial charge in [0.05, 0.1) is 11.9 Å². The molecule has 1 amide bonds. The molecule has 1 heterocycles. The fraction of sp³-hybridized carbons (Fsp3) is 0.182. The number of aromatic nitrogens is 1. The van der Waals surface area contributed by atoms with Crippen molar-refractivity contribution in [3.8, 4) is 0 Å². The zero-order valence-corrected chi connectivity index (χ0v) is 15.1. The Labute approximate surface area is 154 Å². The Morgan fingerprint density at radius 3 is 2.54 bits per heavy atom. The summed E-state index contributed by atoms with van der Waals surface area (Å²) in [7, 11) is 0. The molecule has 0 fully saturated rings. The zero-order chi connectivity index (χ0) is 18.4. The lowest BCUT2D eigenvalue weighted by molar-refractivity contribution is 0.0946. The van der Waals surface area contributed by atoms with E-state index >= 15 is 0 Å². The SMILES string of the molecule is Cc1cccc(CNc2ccc(C(=O)NCc3ccccc3C)nc2)c1. The summed E-state index contributed by atoms with van der Waals surface area (Å²) in [5, 5.41) is 6.24. The van der Waals surface area contributed by atoms with Gasteiger partial charge in [-0.05, 0) is 42.7 Å². The molecule has 2 aromatic carbocycles. The van der Waals surface area contributed by atoms with E-state index in [-0.39, 0.29) is 5.91 Å². The number of pyridine rings is 1. The van der Waals surface area contributed by atoms with E-state index < -0.39 is 0 Å². The molecule has 26 heavy (non-hydrogen) atoms. The van der Waals surface area contributed by atoms with E-state index in [2.05, 4.69) is 40.7 Å². The summed E-state index contributed by atoms with van der Waals surface area (Å²) in [6.45, 7) is 5.34. The molecule has 0 aliphatic heterocycles. The quantitative estimate of drug-likeness (QED) is 0.702. The lowest BCUT2D eigenvalue weighted by Crippen LogP contribution is -2.24. The highest BCUT2D eigenvalue weighted by Gasteiger charge is 2.07. The molecule has 2 N–H and O–H groups in total. The first-order chi connectivity index (χ1) is 12.6. The molecule has 0 radical (unpaired) electrons.